The van der Waals surface area contributed by atoms with Gasteiger partial charge in [0.2, 0.25) is 11.5 Å². The van der Waals surface area contributed by atoms with Crippen molar-refractivity contribution in [3.63, 3.8) is 0 Å². The van der Waals surface area contributed by atoms with Crippen molar-refractivity contribution in [3.05, 3.63) is 105 Å². The lowest BCUT2D eigenvalue weighted by Gasteiger charge is -2.14. The van der Waals surface area contributed by atoms with Gasteiger partial charge >= 0.3 is 5.69 Å². The summed E-state index contributed by atoms with van der Waals surface area (Å²) in [5, 5.41) is 3.41. The van der Waals surface area contributed by atoms with Crippen molar-refractivity contribution in [2.45, 2.75) is 20.0 Å². The molecule has 0 unspecified atom stereocenters. The molecule has 0 spiro atoms. The van der Waals surface area contributed by atoms with Crippen LogP contribution in [0, 0.1) is 0 Å². The smallest absolute Gasteiger partial charge is 0.332 e. The Balaban J connectivity index is 1.63. The topological polar surface area (TPSA) is 95.5 Å². The fourth-order valence-electron chi connectivity index (χ4n) is 4.13. The average molecular weight is 469 g/mol. The van der Waals surface area contributed by atoms with Crippen LogP contribution in [0.5, 0.6) is 5.75 Å². The summed E-state index contributed by atoms with van der Waals surface area (Å²) in [4.78, 5) is 40.0. The Labute approximate surface area is 200 Å². The molecule has 0 saturated carbocycles. The second-order valence-corrected chi connectivity index (χ2v) is 8.00. The molecule has 0 aliphatic rings. The summed E-state index contributed by atoms with van der Waals surface area (Å²) in [6.07, 6.45) is 0. The lowest BCUT2D eigenvalue weighted by atomic mass is 10.2. The highest BCUT2D eigenvalue weighted by Gasteiger charge is 2.21. The van der Waals surface area contributed by atoms with Gasteiger partial charge in [0.05, 0.1) is 18.8 Å². The first-order chi connectivity index (χ1) is 17.1. The summed E-state index contributed by atoms with van der Waals surface area (Å²) in [7, 11) is 0. The lowest BCUT2D eigenvalue weighted by molar-refractivity contribution is -0.116. The summed E-state index contributed by atoms with van der Waals surface area (Å²) in [5.41, 5.74) is 0.946. The van der Waals surface area contributed by atoms with Crippen molar-refractivity contribution < 1.29 is 13.9 Å². The van der Waals surface area contributed by atoms with Crippen LogP contribution in [0.1, 0.15) is 12.5 Å². The number of hydrogen-bond donors (Lipinski definition) is 1. The van der Waals surface area contributed by atoms with Gasteiger partial charge in [-0.25, -0.2) is 4.79 Å². The van der Waals surface area contributed by atoms with Crippen LogP contribution in [0.25, 0.3) is 22.1 Å². The number of ether oxygens (including phenoxy) is 1. The summed E-state index contributed by atoms with van der Waals surface area (Å²) < 4.78 is 13.8. The third-order valence-electron chi connectivity index (χ3n) is 5.69. The van der Waals surface area contributed by atoms with Crippen molar-refractivity contribution in [2.75, 3.05) is 11.9 Å². The Morgan fingerprint density at radius 1 is 0.914 bits per heavy atom. The summed E-state index contributed by atoms with van der Waals surface area (Å²) in [5.74, 6) is 0.0967. The number of rotatable bonds is 7. The molecular formula is C27H23N3O5. The zero-order valence-electron chi connectivity index (χ0n) is 19.1. The quantitative estimate of drug-likeness (QED) is 0.389. The number of nitrogens with one attached hydrogen (secondary N) is 1. The fourth-order valence-corrected chi connectivity index (χ4v) is 4.13. The molecule has 3 aromatic carbocycles. The Morgan fingerprint density at radius 2 is 1.63 bits per heavy atom. The van der Waals surface area contributed by atoms with Crippen LogP contribution in [0.4, 0.5) is 5.69 Å². The van der Waals surface area contributed by atoms with E-state index in [9.17, 15) is 14.4 Å². The first-order valence-corrected chi connectivity index (χ1v) is 11.3. The van der Waals surface area contributed by atoms with Gasteiger partial charge in [0.1, 0.15) is 23.4 Å². The Hall–Kier alpha value is -4.59. The van der Waals surface area contributed by atoms with E-state index in [2.05, 4.69) is 5.32 Å². The first-order valence-electron chi connectivity index (χ1n) is 11.3. The van der Waals surface area contributed by atoms with Gasteiger partial charge in [-0.1, -0.05) is 54.6 Å². The predicted molar refractivity (Wildman–Crippen MR) is 134 cm³/mol. The molecule has 0 fully saturated rings. The van der Waals surface area contributed by atoms with Gasteiger partial charge in [0.25, 0.3) is 5.56 Å². The molecule has 1 N–H and O–H groups in total. The molecule has 0 aliphatic heterocycles. The van der Waals surface area contributed by atoms with Gasteiger partial charge in [-0.15, -0.1) is 0 Å². The van der Waals surface area contributed by atoms with Crippen LogP contribution >= 0.6 is 0 Å². The molecule has 8 nitrogen and oxygen atoms in total. The van der Waals surface area contributed by atoms with Gasteiger partial charge in [0.15, 0.2) is 0 Å². The summed E-state index contributed by atoms with van der Waals surface area (Å²) >= 11 is 0. The van der Waals surface area contributed by atoms with Crippen LogP contribution in [0.15, 0.2) is 92.9 Å². The predicted octanol–water partition coefficient (Wildman–Crippen LogP) is 4.00. The van der Waals surface area contributed by atoms with E-state index >= 15 is 0 Å². The minimum atomic E-state index is -0.592. The van der Waals surface area contributed by atoms with Gasteiger partial charge in [0, 0.05) is 5.39 Å². The third-order valence-corrected chi connectivity index (χ3v) is 5.69. The molecule has 2 heterocycles. The van der Waals surface area contributed by atoms with Crippen LogP contribution in [-0.4, -0.2) is 21.6 Å². The van der Waals surface area contributed by atoms with E-state index in [1.807, 2.05) is 43.3 Å². The highest BCUT2D eigenvalue weighted by Crippen LogP contribution is 2.26. The molecule has 0 aliphatic carbocycles. The van der Waals surface area contributed by atoms with E-state index in [0.29, 0.717) is 34.5 Å². The molecule has 0 radical (unpaired) electrons. The normalized spacial score (nSPS) is 11.1. The van der Waals surface area contributed by atoms with E-state index in [4.69, 9.17) is 9.15 Å². The molecule has 0 saturated heterocycles. The fraction of sp³-hybridized carbons (Fsp3) is 0.148. The molecule has 0 bridgehead atoms. The Kier molecular flexibility index (Phi) is 5.93. The molecule has 35 heavy (non-hydrogen) atoms. The summed E-state index contributed by atoms with van der Waals surface area (Å²) in [6, 6.07) is 23.3. The second kappa shape index (κ2) is 9.34. The molecule has 5 rings (SSSR count). The van der Waals surface area contributed by atoms with E-state index in [1.165, 1.54) is 4.57 Å². The minimum absolute atomic E-state index is 0.0317. The lowest BCUT2D eigenvalue weighted by Crippen LogP contribution is -2.41. The Morgan fingerprint density at radius 3 is 2.43 bits per heavy atom. The first kappa shape index (κ1) is 22.2. The second-order valence-electron chi connectivity index (χ2n) is 8.00. The average Bonchev–Trinajstić information content (AvgIpc) is 3.26. The SMILES string of the molecule is CCOc1ccccc1NC(=O)Cn1c(=O)n(Cc2ccccc2)c(=O)c2oc3ccccc3c21. The number of carbonyl (C=O) groups is 1. The standard InChI is InChI=1S/C27H23N3O5/c1-2-34-22-15-9-7-13-20(22)28-23(31)17-29-24-19-12-6-8-14-21(19)35-25(24)26(32)30(27(29)33)16-18-10-4-3-5-11-18/h3-15H,2,16-17H2,1H3,(H,28,31). The Bertz CT molecular complexity index is 1650. The number of furan rings is 1. The number of fused-ring (bicyclic) bond motifs is 3. The molecule has 0 atom stereocenters. The van der Waals surface area contributed by atoms with E-state index in [1.54, 1.807) is 42.5 Å². The number of benzene rings is 3. The number of aromatic nitrogens is 2. The highest BCUT2D eigenvalue weighted by atomic mass is 16.5. The van der Waals surface area contributed by atoms with E-state index in [0.717, 1.165) is 10.1 Å². The van der Waals surface area contributed by atoms with Crippen LogP contribution < -0.4 is 21.3 Å². The van der Waals surface area contributed by atoms with Crippen LogP contribution in [0.3, 0.4) is 0 Å². The van der Waals surface area contributed by atoms with Gasteiger partial charge < -0.3 is 14.5 Å². The molecular weight excluding hydrogens is 446 g/mol. The monoisotopic (exact) mass is 469 g/mol. The van der Waals surface area contributed by atoms with Gasteiger partial charge in [-0.3, -0.25) is 18.7 Å². The van der Waals surface area contributed by atoms with E-state index in [-0.39, 0.29) is 18.7 Å². The number of amides is 1. The number of para-hydroxylation sites is 3. The molecule has 176 valence electrons. The van der Waals surface area contributed by atoms with Crippen molar-refractivity contribution in [1.29, 1.82) is 0 Å². The maximum absolute atomic E-state index is 13.6. The maximum Gasteiger partial charge on any atom is 0.332 e. The van der Waals surface area contributed by atoms with Crippen molar-refractivity contribution in [2.24, 2.45) is 0 Å². The minimum Gasteiger partial charge on any atom is -0.492 e. The van der Waals surface area contributed by atoms with Gasteiger partial charge in [-0.05, 0) is 36.8 Å². The summed E-state index contributed by atoms with van der Waals surface area (Å²) in [6.45, 7) is 2.04. The number of hydrogen-bond acceptors (Lipinski definition) is 5. The van der Waals surface area contributed by atoms with Crippen LogP contribution in [-0.2, 0) is 17.9 Å². The molecule has 5 aromatic rings. The maximum atomic E-state index is 13.6. The third kappa shape index (κ3) is 4.21. The molecule has 8 heteroatoms. The van der Waals surface area contributed by atoms with E-state index < -0.39 is 17.2 Å². The van der Waals surface area contributed by atoms with Gasteiger partial charge in [-0.2, -0.15) is 0 Å². The van der Waals surface area contributed by atoms with Crippen molar-refractivity contribution in [1.82, 2.24) is 9.13 Å². The van der Waals surface area contributed by atoms with Crippen molar-refractivity contribution >= 4 is 33.7 Å². The molecule has 2 aromatic heterocycles. The largest absolute Gasteiger partial charge is 0.492 e. The highest BCUT2D eigenvalue weighted by molar-refractivity contribution is 6.03. The molecule has 1 amide bonds. The number of anilines is 1. The number of nitrogens with zero attached hydrogens (tertiary/aromatic N) is 2. The van der Waals surface area contributed by atoms with Crippen molar-refractivity contribution in [3.8, 4) is 5.75 Å². The zero-order chi connectivity index (χ0) is 24.4. The number of carbonyl (C=O) groups excluding carboxylic acids is 1. The van der Waals surface area contributed by atoms with Crippen LogP contribution in [0.2, 0.25) is 0 Å². The zero-order valence-corrected chi connectivity index (χ0v) is 19.1.